The van der Waals surface area contributed by atoms with Gasteiger partial charge >= 0.3 is 0 Å². The summed E-state index contributed by atoms with van der Waals surface area (Å²) in [5, 5.41) is 16.6. The molecule has 27 heavy (non-hydrogen) atoms. The molecule has 1 saturated carbocycles. The molecule has 1 fully saturated rings. The summed E-state index contributed by atoms with van der Waals surface area (Å²) >= 11 is 3.46. The molecule has 1 aromatic heterocycles. The highest BCUT2D eigenvalue weighted by Gasteiger charge is 2.24. The van der Waals surface area contributed by atoms with Crippen LogP contribution in [0.5, 0.6) is 0 Å². The Bertz CT molecular complexity index is 904. The topological polar surface area (TPSA) is 99.5 Å². The van der Waals surface area contributed by atoms with Gasteiger partial charge in [-0.25, -0.2) is 9.19 Å². The van der Waals surface area contributed by atoms with Gasteiger partial charge in [0.05, 0.1) is 22.3 Å². The number of hydrogen-bond donors (Lipinski definition) is 3. The molecule has 1 unspecified atom stereocenters. The zero-order chi connectivity index (χ0) is 19.4. The summed E-state index contributed by atoms with van der Waals surface area (Å²) in [7, 11) is -2.18. The number of nitrogens with zero attached hydrogens (tertiary/aromatic N) is 3. The predicted octanol–water partition coefficient (Wildman–Crippen LogP) is 4.06. The molecule has 3 N–H and O–H groups in total. The summed E-state index contributed by atoms with van der Waals surface area (Å²) in [4.78, 5) is 8.80. The molecule has 0 aliphatic heterocycles. The quantitative estimate of drug-likeness (QED) is 0.630. The zero-order valence-corrected chi connectivity index (χ0v) is 17.8. The lowest BCUT2D eigenvalue weighted by Gasteiger charge is -2.29. The van der Waals surface area contributed by atoms with E-state index in [1.807, 2.05) is 12.1 Å². The lowest BCUT2D eigenvalue weighted by Crippen LogP contribution is -2.36. The van der Waals surface area contributed by atoms with Gasteiger partial charge in [-0.3, -0.25) is 0 Å². The highest BCUT2D eigenvalue weighted by atomic mass is 79.9. The smallest absolute Gasteiger partial charge is 0.229 e. The predicted molar refractivity (Wildman–Crippen MR) is 113 cm³/mol. The van der Waals surface area contributed by atoms with Gasteiger partial charge in [0, 0.05) is 34.1 Å². The molecule has 9 heteroatoms. The van der Waals surface area contributed by atoms with E-state index in [9.17, 15) is 9.32 Å². The van der Waals surface area contributed by atoms with Crippen LogP contribution in [0.4, 0.5) is 23.1 Å². The Morgan fingerprint density at radius 3 is 2.59 bits per heavy atom. The van der Waals surface area contributed by atoms with Crippen LogP contribution >= 0.6 is 15.9 Å². The zero-order valence-electron chi connectivity index (χ0n) is 15.4. The second-order valence-corrected chi connectivity index (χ2v) is 10.3. The first-order valence-electron chi connectivity index (χ1n) is 8.81. The van der Waals surface area contributed by atoms with Gasteiger partial charge in [0.1, 0.15) is 5.82 Å². The van der Waals surface area contributed by atoms with Crippen molar-refractivity contribution in [2.45, 2.75) is 37.8 Å². The molecular formula is C18H24BrN5O2S. The number of rotatable bonds is 5. The highest BCUT2D eigenvalue weighted by molar-refractivity contribution is 9.10. The van der Waals surface area contributed by atoms with Gasteiger partial charge in [-0.2, -0.15) is 9.35 Å². The van der Waals surface area contributed by atoms with Crippen molar-refractivity contribution in [2.24, 2.45) is 4.36 Å². The first-order valence-corrected chi connectivity index (χ1v) is 11.9. The van der Waals surface area contributed by atoms with Crippen LogP contribution in [0.2, 0.25) is 0 Å². The van der Waals surface area contributed by atoms with Crippen molar-refractivity contribution < 1.29 is 9.32 Å². The summed E-state index contributed by atoms with van der Waals surface area (Å²) < 4.78 is 16.7. The Kier molecular flexibility index (Phi) is 6.33. The van der Waals surface area contributed by atoms with Gasteiger partial charge in [-0.15, -0.1) is 0 Å². The second kappa shape index (κ2) is 8.53. The first-order chi connectivity index (χ1) is 12.8. The number of benzene rings is 1. The molecule has 0 radical (unpaired) electrons. The van der Waals surface area contributed by atoms with Crippen molar-refractivity contribution in [3.05, 3.63) is 34.9 Å². The van der Waals surface area contributed by atoms with E-state index in [0.717, 1.165) is 35.8 Å². The molecule has 1 aliphatic rings. The number of aromatic nitrogens is 2. The van der Waals surface area contributed by atoms with Crippen molar-refractivity contribution in [1.29, 1.82) is 0 Å². The van der Waals surface area contributed by atoms with Crippen LogP contribution in [0.3, 0.4) is 0 Å². The van der Waals surface area contributed by atoms with Crippen LogP contribution in [-0.4, -0.2) is 43.9 Å². The third kappa shape index (κ3) is 5.88. The fraction of sp³-hybridized carbons (Fsp3) is 0.444. The lowest BCUT2D eigenvalue weighted by molar-refractivity contribution is 0.116. The van der Waals surface area contributed by atoms with Crippen molar-refractivity contribution in [3.8, 4) is 0 Å². The summed E-state index contributed by atoms with van der Waals surface area (Å²) in [6.45, 7) is 0. The van der Waals surface area contributed by atoms with E-state index in [4.69, 9.17) is 0 Å². The van der Waals surface area contributed by atoms with Crippen molar-refractivity contribution in [3.63, 3.8) is 0 Å². The molecule has 0 spiro atoms. The number of aliphatic hydroxyl groups is 1. The van der Waals surface area contributed by atoms with E-state index in [-0.39, 0.29) is 12.1 Å². The monoisotopic (exact) mass is 453 g/mol. The van der Waals surface area contributed by atoms with Crippen LogP contribution < -0.4 is 10.6 Å². The minimum Gasteiger partial charge on any atom is -0.391 e. The molecular weight excluding hydrogens is 430 g/mol. The molecule has 0 amide bonds. The number of anilines is 3. The Morgan fingerprint density at radius 1 is 1.22 bits per heavy atom. The van der Waals surface area contributed by atoms with Gasteiger partial charge in [-0.1, -0.05) is 12.8 Å². The SMILES string of the molecule is CS(C)(=O)=Nc1ccc(Nc2ncc(Br)c(NC3CCCC[C@@H]3O)n2)cc1. The highest BCUT2D eigenvalue weighted by Crippen LogP contribution is 2.27. The Balaban J connectivity index is 1.73. The Morgan fingerprint density at radius 2 is 1.93 bits per heavy atom. The van der Waals surface area contributed by atoms with Crippen LogP contribution in [0.1, 0.15) is 25.7 Å². The Hall–Kier alpha value is -1.71. The average molecular weight is 454 g/mol. The molecule has 7 nitrogen and oxygen atoms in total. The maximum Gasteiger partial charge on any atom is 0.229 e. The largest absolute Gasteiger partial charge is 0.391 e. The third-order valence-electron chi connectivity index (χ3n) is 4.24. The summed E-state index contributed by atoms with van der Waals surface area (Å²) in [6.07, 6.45) is 8.42. The van der Waals surface area contributed by atoms with E-state index in [1.165, 1.54) is 0 Å². The van der Waals surface area contributed by atoms with Crippen LogP contribution in [-0.2, 0) is 9.73 Å². The molecule has 0 saturated heterocycles. The molecule has 1 aliphatic carbocycles. The minimum atomic E-state index is -2.18. The van der Waals surface area contributed by atoms with Gasteiger partial charge in [0.15, 0.2) is 0 Å². The molecule has 146 valence electrons. The maximum absolute atomic E-state index is 11.8. The number of aliphatic hydroxyl groups excluding tert-OH is 1. The van der Waals surface area contributed by atoms with E-state index in [2.05, 4.69) is 40.9 Å². The van der Waals surface area contributed by atoms with E-state index in [0.29, 0.717) is 17.5 Å². The summed E-state index contributed by atoms with van der Waals surface area (Å²) in [5.41, 5.74) is 1.47. The van der Waals surface area contributed by atoms with Crippen molar-refractivity contribution >= 4 is 48.8 Å². The van der Waals surface area contributed by atoms with Gasteiger partial charge in [-0.05, 0) is 53.0 Å². The fourth-order valence-electron chi connectivity index (χ4n) is 2.97. The lowest BCUT2D eigenvalue weighted by atomic mass is 9.93. The molecule has 1 heterocycles. The van der Waals surface area contributed by atoms with Crippen LogP contribution in [0.25, 0.3) is 0 Å². The van der Waals surface area contributed by atoms with E-state index in [1.54, 1.807) is 30.8 Å². The molecule has 2 atom stereocenters. The van der Waals surface area contributed by atoms with Gasteiger partial charge in [0.25, 0.3) is 0 Å². The van der Waals surface area contributed by atoms with Crippen LogP contribution in [0, 0.1) is 0 Å². The summed E-state index contributed by atoms with van der Waals surface area (Å²) in [6, 6.07) is 7.27. The molecule has 2 aromatic rings. The number of halogens is 1. The van der Waals surface area contributed by atoms with E-state index < -0.39 is 9.73 Å². The van der Waals surface area contributed by atoms with Gasteiger partial charge < -0.3 is 15.7 Å². The van der Waals surface area contributed by atoms with Gasteiger partial charge in [0.2, 0.25) is 5.95 Å². The number of nitrogens with one attached hydrogen (secondary N) is 2. The summed E-state index contributed by atoms with van der Waals surface area (Å²) in [5.74, 6) is 1.10. The molecule has 1 aromatic carbocycles. The molecule has 0 bridgehead atoms. The standard InChI is InChI=1S/C18H24BrN5O2S/c1-27(2,26)24-13-9-7-12(8-10-13)21-18-20-11-14(19)17(23-18)22-15-5-3-4-6-16(15)25/h7-11,15-16,25H,3-6H2,1-2H3,(H2,20,21,22,23)/t15?,16-/m0/s1. The molecule has 3 rings (SSSR count). The third-order valence-corrected chi connectivity index (χ3v) is 5.48. The fourth-order valence-corrected chi connectivity index (χ4v) is 3.91. The number of hydrogen-bond acceptors (Lipinski definition) is 7. The maximum atomic E-state index is 11.8. The second-order valence-electron chi connectivity index (χ2n) is 6.94. The first kappa shape index (κ1) is 20.0. The normalized spacial score (nSPS) is 20.1. The minimum absolute atomic E-state index is 0.00311. The Labute approximate surface area is 168 Å². The van der Waals surface area contributed by atoms with Crippen molar-refractivity contribution in [1.82, 2.24) is 9.97 Å². The van der Waals surface area contributed by atoms with E-state index >= 15 is 0 Å². The van der Waals surface area contributed by atoms with Crippen LogP contribution in [0.15, 0.2) is 39.3 Å². The van der Waals surface area contributed by atoms with Crippen molar-refractivity contribution in [2.75, 3.05) is 23.1 Å². The average Bonchev–Trinajstić information content (AvgIpc) is 2.60.